The molecule has 1 saturated heterocycles. The minimum atomic E-state index is -0.0175. The third-order valence-corrected chi connectivity index (χ3v) is 6.08. The molecule has 2 amide bonds. The lowest BCUT2D eigenvalue weighted by molar-refractivity contribution is -0.134. The molecule has 2 fully saturated rings. The fraction of sp³-hybridized carbons (Fsp3) is 0.455. The first-order valence-corrected chi connectivity index (χ1v) is 10.1. The van der Waals surface area contributed by atoms with Crippen LogP contribution >= 0.6 is 0 Å². The molecule has 1 aliphatic carbocycles. The Hall–Kier alpha value is -2.96. The Labute approximate surface area is 169 Å². The second-order valence-electron chi connectivity index (χ2n) is 8.01. The van der Waals surface area contributed by atoms with Crippen molar-refractivity contribution >= 4 is 11.8 Å². The Bertz CT molecular complexity index is 974. The smallest absolute Gasteiger partial charge is 0.257 e. The van der Waals surface area contributed by atoms with Crippen LogP contribution in [-0.2, 0) is 4.79 Å². The minimum Gasteiger partial charge on any atom is -0.466 e. The maximum atomic E-state index is 12.9. The predicted molar refractivity (Wildman–Crippen MR) is 104 cm³/mol. The molecule has 1 aromatic carbocycles. The topological polar surface area (TPSA) is 72.2 Å². The van der Waals surface area contributed by atoms with E-state index in [1.807, 2.05) is 41.8 Å². The number of nitrogens with zero attached hydrogens (tertiary/aromatic N) is 2. The summed E-state index contributed by atoms with van der Waals surface area (Å²) in [6.45, 7) is 6.16. The number of aryl methyl sites for hydroxylation is 2. The first kappa shape index (κ1) is 18.1. The van der Waals surface area contributed by atoms with Gasteiger partial charge in [-0.3, -0.25) is 9.59 Å². The number of carbonyl (C=O) groups is 2. The molecule has 0 N–H and O–H groups in total. The number of furan rings is 1. The summed E-state index contributed by atoms with van der Waals surface area (Å²) in [7, 11) is 0. The Morgan fingerprint density at radius 2 is 1.69 bits per heavy atom. The molecule has 3 aliphatic rings. The number of rotatable bonds is 3. The number of piperazine rings is 1. The van der Waals surface area contributed by atoms with Gasteiger partial charge in [-0.05, 0) is 49.9 Å². The zero-order valence-corrected chi connectivity index (χ0v) is 16.6. The minimum absolute atomic E-state index is 0.0175. The van der Waals surface area contributed by atoms with Crippen LogP contribution in [0.15, 0.2) is 28.7 Å². The lowest BCUT2D eigenvalue weighted by atomic mass is 10.1. The van der Waals surface area contributed by atoms with E-state index in [-0.39, 0.29) is 30.4 Å². The number of carbonyl (C=O) groups excluding carboxylic acids is 2. The molecule has 2 aliphatic heterocycles. The van der Waals surface area contributed by atoms with Crippen molar-refractivity contribution in [3.8, 4) is 11.5 Å². The Morgan fingerprint density at radius 1 is 0.966 bits per heavy atom. The van der Waals surface area contributed by atoms with Crippen molar-refractivity contribution in [1.29, 1.82) is 0 Å². The van der Waals surface area contributed by atoms with Crippen molar-refractivity contribution in [2.24, 2.45) is 5.92 Å². The van der Waals surface area contributed by atoms with E-state index in [2.05, 4.69) is 0 Å². The number of hydrogen-bond acceptors (Lipinski definition) is 5. The number of hydrogen-bond donors (Lipinski definition) is 0. The summed E-state index contributed by atoms with van der Waals surface area (Å²) in [6, 6.07) is 7.72. The molecule has 1 aromatic heterocycles. The molecule has 0 radical (unpaired) electrons. The normalized spacial score (nSPS) is 22.7. The SMILES string of the molecule is Cc1cc(C(=O)N2CCN(C(=O)[C@@H]3C[C@@H]3c3ccc4c(c3)OCO4)CC2)c(C)o1. The molecule has 0 bridgehead atoms. The van der Waals surface area contributed by atoms with E-state index in [1.54, 1.807) is 6.07 Å². The molecule has 29 heavy (non-hydrogen) atoms. The van der Waals surface area contributed by atoms with Crippen LogP contribution in [0.25, 0.3) is 0 Å². The Balaban J connectivity index is 1.18. The number of fused-ring (bicyclic) bond motifs is 1. The third kappa shape index (κ3) is 3.24. The molecule has 152 valence electrons. The first-order valence-electron chi connectivity index (χ1n) is 10.1. The van der Waals surface area contributed by atoms with Gasteiger partial charge in [-0.1, -0.05) is 6.07 Å². The number of ether oxygens (including phenoxy) is 2. The number of amides is 2. The van der Waals surface area contributed by atoms with Crippen LogP contribution in [0, 0.1) is 19.8 Å². The zero-order chi connectivity index (χ0) is 20.1. The lowest BCUT2D eigenvalue weighted by Crippen LogP contribution is -2.51. The van der Waals surface area contributed by atoms with E-state index < -0.39 is 0 Å². The van der Waals surface area contributed by atoms with Gasteiger partial charge in [0.2, 0.25) is 12.7 Å². The summed E-state index contributed by atoms with van der Waals surface area (Å²) in [4.78, 5) is 29.4. The summed E-state index contributed by atoms with van der Waals surface area (Å²) in [6.07, 6.45) is 0.866. The fourth-order valence-electron chi connectivity index (χ4n) is 4.36. The van der Waals surface area contributed by atoms with E-state index in [1.165, 1.54) is 0 Å². The van der Waals surface area contributed by atoms with E-state index in [4.69, 9.17) is 13.9 Å². The zero-order valence-electron chi connectivity index (χ0n) is 16.6. The predicted octanol–water partition coefficient (Wildman–Crippen LogP) is 2.71. The molecule has 7 heteroatoms. The van der Waals surface area contributed by atoms with Crippen molar-refractivity contribution in [3.05, 3.63) is 46.9 Å². The van der Waals surface area contributed by atoms with Gasteiger partial charge in [0.05, 0.1) is 5.56 Å². The first-order chi connectivity index (χ1) is 14.0. The average Bonchev–Trinajstić information content (AvgIpc) is 3.26. The van der Waals surface area contributed by atoms with Gasteiger partial charge in [0, 0.05) is 32.1 Å². The molecule has 2 atom stereocenters. The molecule has 5 rings (SSSR count). The molecule has 7 nitrogen and oxygen atoms in total. The standard InChI is InChI=1S/C22H24N2O5/c1-13-9-16(14(2)29-13)21(25)23-5-7-24(8-6-23)22(26)18-11-17(18)15-3-4-19-20(10-15)28-12-27-19/h3-4,9-10,17-18H,5-8,11-12H2,1-2H3/t17-,18-/m1/s1. The van der Waals surface area contributed by atoms with Gasteiger partial charge in [0.25, 0.3) is 5.91 Å². The van der Waals surface area contributed by atoms with E-state index >= 15 is 0 Å². The lowest BCUT2D eigenvalue weighted by Gasteiger charge is -2.35. The van der Waals surface area contributed by atoms with Gasteiger partial charge in [-0.2, -0.15) is 0 Å². The molecule has 0 spiro atoms. The van der Waals surface area contributed by atoms with Crippen LogP contribution in [-0.4, -0.2) is 54.6 Å². The highest BCUT2D eigenvalue weighted by Gasteiger charge is 2.46. The van der Waals surface area contributed by atoms with Gasteiger partial charge in [0.1, 0.15) is 11.5 Å². The molecular weight excluding hydrogens is 372 g/mol. The monoisotopic (exact) mass is 396 g/mol. The number of benzene rings is 1. The van der Waals surface area contributed by atoms with Crippen LogP contribution in [0.1, 0.15) is 39.8 Å². The second-order valence-corrected chi connectivity index (χ2v) is 8.01. The van der Waals surface area contributed by atoms with Gasteiger partial charge in [-0.15, -0.1) is 0 Å². The summed E-state index contributed by atoms with van der Waals surface area (Å²) in [5.74, 6) is 3.35. The highest BCUT2D eigenvalue weighted by molar-refractivity contribution is 5.95. The van der Waals surface area contributed by atoms with Gasteiger partial charge in [-0.25, -0.2) is 0 Å². The van der Waals surface area contributed by atoms with E-state index in [9.17, 15) is 9.59 Å². The van der Waals surface area contributed by atoms with Crippen LogP contribution in [0.2, 0.25) is 0 Å². The Kier molecular flexibility index (Phi) is 4.26. The average molecular weight is 396 g/mol. The van der Waals surface area contributed by atoms with Crippen molar-refractivity contribution in [2.75, 3.05) is 33.0 Å². The summed E-state index contributed by atoms with van der Waals surface area (Å²) >= 11 is 0. The van der Waals surface area contributed by atoms with Crippen LogP contribution in [0.4, 0.5) is 0 Å². The largest absolute Gasteiger partial charge is 0.466 e. The van der Waals surface area contributed by atoms with Crippen molar-refractivity contribution in [3.63, 3.8) is 0 Å². The molecule has 1 saturated carbocycles. The van der Waals surface area contributed by atoms with Gasteiger partial charge in [0.15, 0.2) is 11.5 Å². The summed E-state index contributed by atoms with van der Waals surface area (Å²) < 4.78 is 16.3. The molecule has 2 aromatic rings. The van der Waals surface area contributed by atoms with Gasteiger partial charge >= 0.3 is 0 Å². The van der Waals surface area contributed by atoms with Crippen molar-refractivity contribution in [1.82, 2.24) is 9.80 Å². The van der Waals surface area contributed by atoms with E-state index in [0.717, 1.165) is 29.2 Å². The van der Waals surface area contributed by atoms with Crippen LogP contribution in [0.3, 0.4) is 0 Å². The Morgan fingerprint density at radius 3 is 2.41 bits per heavy atom. The van der Waals surface area contributed by atoms with Crippen molar-refractivity contribution < 1.29 is 23.5 Å². The highest BCUT2D eigenvalue weighted by atomic mass is 16.7. The molecule has 3 heterocycles. The quantitative estimate of drug-likeness (QED) is 0.798. The summed E-state index contributed by atoms with van der Waals surface area (Å²) in [5, 5.41) is 0. The highest BCUT2D eigenvalue weighted by Crippen LogP contribution is 2.50. The molecule has 0 unspecified atom stereocenters. The van der Waals surface area contributed by atoms with Crippen LogP contribution in [0.5, 0.6) is 11.5 Å². The maximum absolute atomic E-state index is 12.9. The second kappa shape index (κ2) is 6.83. The van der Waals surface area contributed by atoms with Gasteiger partial charge < -0.3 is 23.7 Å². The fourth-order valence-corrected chi connectivity index (χ4v) is 4.36. The molecular formula is C22H24N2O5. The van der Waals surface area contributed by atoms with E-state index in [0.29, 0.717) is 37.5 Å². The van der Waals surface area contributed by atoms with Crippen LogP contribution < -0.4 is 9.47 Å². The maximum Gasteiger partial charge on any atom is 0.257 e. The van der Waals surface area contributed by atoms with Crippen molar-refractivity contribution in [2.45, 2.75) is 26.2 Å². The summed E-state index contributed by atoms with van der Waals surface area (Å²) in [5.41, 5.74) is 1.75. The third-order valence-electron chi connectivity index (χ3n) is 6.08.